The molecular weight excluding hydrogens is 296 g/mol. The molecule has 0 N–H and O–H groups in total. The van der Waals surface area contributed by atoms with Crippen LogP contribution in [0.5, 0.6) is 0 Å². The second-order valence-electron chi connectivity index (χ2n) is 5.84. The van der Waals surface area contributed by atoms with Gasteiger partial charge < -0.3 is 0 Å². The van der Waals surface area contributed by atoms with E-state index in [1.54, 1.807) is 0 Å². The van der Waals surface area contributed by atoms with Gasteiger partial charge >= 0.3 is 0 Å². The molecule has 0 radical (unpaired) electrons. The Kier molecular flexibility index (Phi) is 2.76. The lowest BCUT2D eigenvalue weighted by molar-refractivity contribution is 1.65. The molecule has 1 heterocycles. The zero-order chi connectivity index (χ0) is 15.2. The van der Waals surface area contributed by atoms with Gasteiger partial charge in [-0.3, -0.25) is 0 Å². The molecule has 1 aromatic heterocycles. The molecule has 4 aromatic carbocycles. The van der Waals surface area contributed by atoms with Crippen molar-refractivity contribution in [2.75, 3.05) is 0 Å². The summed E-state index contributed by atoms with van der Waals surface area (Å²) in [6, 6.07) is 30.6. The summed E-state index contributed by atoms with van der Waals surface area (Å²) in [5.74, 6) is 0. The average molecular weight is 310 g/mol. The van der Waals surface area contributed by atoms with Crippen LogP contribution in [-0.2, 0) is 0 Å². The fourth-order valence-electron chi connectivity index (χ4n) is 3.32. The van der Waals surface area contributed by atoms with E-state index in [1.807, 2.05) is 11.3 Å². The molecule has 0 amide bonds. The summed E-state index contributed by atoms with van der Waals surface area (Å²) in [5.41, 5.74) is 2.55. The first-order chi connectivity index (χ1) is 11.4. The van der Waals surface area contributed by atoms with Crippen LogP contribution in [0.15, 0.2) is 84.9 Å². The third-order valence-corrected chi connectivity index (χ3v) is 5.69. The lowest BCUT2D eigenvalue weighted by Crippen LogP contribution is -1.79. The van der Waals surface area contributed by atoms with E-state index in [-0.39, 0.29) is 0 Å². The van der Waals surface area contributed by atoms with E-state index in [2.05, 4.69) is 84.9 Å². The molecule has 0 bridgehead atoms. The molecular formula is C22H14S. The first-order valence-corrected chi connectivity index (χ1v) is 8.61. The topological polar surface area (TPSA) is 0 Å². The molecule has 0 fully saturated rings. The lowest BCUT2D eigenvalue weighted by atomic mass is 10.00. The van der Waals surface area contributed by atoms with Gasteiger partial charge in [-0.25, -0.2) is 0 Å². The van der Waals surface area contributed by atoms with Gasteiger partial charge in [-0.05, 0) is 34.0 Å². The molecule has 1 heteroatoms. The van der Waals surface area contributed by atoms with Crippen LogP contribution < -0.4 is 0 Å². The van der Waals surface area contributed by atoms with Gasteiger partial charge in [0.1, 0.15) is 0 Å². The summed E-state index contributed by atoms with van der Waals surface area (Å²) in [4.78, 5) is 0. The van der Waals surface area contributed by atoms with Crippen molar-refractivity contribution in [3.8, 4) is 11.1 Å². The Morgan fingerprint density at radius 2 is 1.30 bits per heavy atom. The summed E-state index contributed by atoms with van der Waals surface area (Å²) in [6.07, 6.45) is 0. The van der Waals surface area contributed by atoms with Crippen LogP contribution >= 0.6 is 11.3 Å². The van der Waals surface area contributed by atoms with Crippen molar-refractivity contribution < 1.29 is 0 Å². The van der Waals surface area contributed by atoms with Crippen LogP contribution in [0.3, 0.4) is 0 Å². The van der Waals surface area contributed by atoms with Crippen LogP contribution in [0.2, 0.25) is 0 Å². The molecule has 0 atom stereocenters. The van der Waals surface area contributed by atoms with Crippen molar-refractivity contribution in [1.82, 2.24) is 0 Å². The highest BCUT2D eigenvalue weighted by Crippen LogP contribution is 2.39. The molecule has 108 valence electrons. The molecule has 0 unspecified atom stereocenters. The van der Waals surface area contributed by atoms with E-state index < -0.39 is 0 Å². The van der Waals surface area contributed by atoms with Gasteiger partial charge in [0.15, 0.2) is 0 Å². The van der Waals surface area contributed by atoms with Crippen LogP contribution in [0, 0.1) is 0 Å². The number of benzene rings is 4. The fraction of sp³-hybridized carbons (Fsp3) is 0. The largest absolute Gasteiger partial charge is 0.135 e. The summed E-state index contributed by atoms with van der Waals surface area (Å²) in [7, 11) is 0. The van der Waals surface area contributed by atoms with Gasteiger partial charge in [-0.1, -0.05) is 72.8 Å². The highest BCUT2D eigenvalue weighted by molar-refractivity contribution is 7.26. The maximum atomic E-state index is 2.30. The van der Waals surface area contributed by atoms with Gasteiger partial charge in [0.2, 0.25) is 0 Å². The van der Waals surface area contributed by atoms with Gasteiger partial charge in [0, 0.05) is 20.2 Å². The number of fused-ring (bicyclic) bond motifs is 5. The van der Waals surface area contributed by atoms with Gasteiger partial charge in [0.05, 0.1) is 0 Å². The van der Waals surface area contributed by atoms with Crippen LogP contribution in [-0.4, -0.2) is 0 Å². The average Bonchev–Trinajstić information content (AvgIpc) is 3.01. The summed E-state index contributed by atoms with van der Waals surface area (Å²) in [5, 5.41) is 5.39. The van der Waals surface area contributed by atoms with Gasteiger partial charge in [0.25, 0.3) is 0 Å². The molecule has 5 rings (SSSR count). The Morgan fingerprint density at radius 1 is 0.522 bits per heavy atom. The maximum absolute atomic E-state index is 2.30. The lowest BCUT2D eigenvalue weighted by Gasteiger charge is -2.05. The second kappa shape index (κ2) is 4.94. The van der Waals surface area contributed by atoms with Crippen molar-refractivity contribution in [1.29, 1.82) is 0 Å². The SMILES string of the molecule is c1ccc(-c2ccc3c(ccc4c5ccccc5sc34)c2)cc1. The predicted octanol–water partition coefficient (Wildman–Crippen LogP) is 6.87. The van der Waals surface area contributed by atoms with Crippen molar-refractivity contribution in [3.05, 3.63) is 84.9 Å². The zero-order valence-electron chi connectivity index (χ0n) is 12.5. The van der Waals surface area contributed by atoms with Crippen LogP contribution in [0.25, 0.3) is 42.1 Å². The number of rotatable bonds is 1. The fourth-order valence-corrected chi connectivity index (χ4v) is 4.56. The van der Waals surface area contributed by atoms with E-state index in [0.717, 1.165) is 0 Å². The third-order valence-electron chi connectivity index (χ3n) is 4.47. The number of hydrogen-bond acceptors (Lipinski definition) is 1. The molecule has 0 aliphatic heterocycles. The van der Waals surface area contributed by atoms with Gasteiger partial charge in [-0.15, -0.1) is 11.3 Å². The summed E-state index contributed by atoms with van der Waals surface area (Å²) < 4.78 is 2.76. The zero-order valence-corrected chi connectivity index (χ0v) is 13.3. The molecule has 0 spiro atoms. The Bertz CT molecular complexity index is 1150. The Morgan fingerprint density at radius 3 is 2.22 bits per heavy atom. The molecule has 0 saturated heterocycles. The number of thiophene rings is 1. The quantitative estimate of drug-likeness (QED) is 0.317. The monoisotopic (exact) mass is 310 g/mol. The van der Waals surface area contributed by atoms with E-state index in [9.17, 15) is 0 Å². The predicted molar refractivity (Wildman–Crippen MR) is 102 cm³/mol. The molecule has 23 heavy (non-hydrogen) atoms. The second-order valence-corrected chi connectivity index (χ2v) is 6.89. The minimum Gasteiger partial charge on any atom is -0.135 e. The highest BCUT2D eigenvalue weighted by Gasteiger charge is 2.08. The first kappa shape index (κ1) is 12.9. The molecule has 0 nitrogen and oxygen atoms in total. The Hall–Kier alpha value is -2.64. The smallest absolute Gasteiger partial charge is 0.0433 e. The first-order valence-electron chi connectivity index (χ1n) is 7.79. The highest BCUT2D eigenvalue weighted by atomic mass is 32.1. The van der Waals surface area contributed by atoms with Crippen molar-refractivity contribution >= 4 is 42.3 Å². The molecule has 5 aromatic rings. The van der Waals surface area contributed by atoms with Gasteiger partial charge in [-0.2, -0.15) is 0 Å². The summed E-state index contributed by atoms with van der Waals surface area (Å²) >= 11 is 1.89. The third kappa shape index (κ3) is 1.97. The van der Waals surface area contributed by atoms with E-state index in [1.165, 1.54) is 42.1 Å². The molecule has 0 aliphatic rings. The van der Waals surface area contributed by atoms with Crippen molar-refractivity contribution in [2.45, 2.75) is 0 Å². The van der Waals surface area contributed by atoms with E-state index >= 15 is 0 Å². The van der Waals surface area contributed by atoms with Crippen molar-refractivity contribution in [3.63, 3.8) is 0 Å². The van der Waals surface area contributed by atoms with Crippen molar-refractivity contribution in [2.24, 2.45) is 0 Å². The Labute approximate surface area is 138 Å². The number of hydrogen-bond donors (Lipinski definition) is 0. The maximum Gasteiger partial charge on any atom is 0.0433 e. The molecule has 0 saturated carbocycles. The molecule has 0 aliphatic carbocycles. The van der Waals surface area contributed by atoms with Crippen LogP contribution in [0.4, 0.5) is 0 Å². The minimum atomic E-state index is 1.27. The summed E-state index contributed by atoms with van der Waals surface area (Å²) in [6.45, 7) is 0. The van der Waals surface area contributed by atoms with Crippen LogP contribution in [0.1, 0.15) is 0 Å². The van der Waals surface area contributed by atoms with E-state index in [0.29, 0.717) is 0 Å². The standard InChI is InChI=1S/C22H14S/c1-2-6-15(7-3-1)16-10-12-18-17(14-16)11-13-20-19-8-4-5-9-21(19)23-22(18)20/h1-14H. The van der Waals surface area contributed by atoms with E-state index in [4.69, 9.17) is 0 Å². The Balaban J connectivity index is 1.82. The normalized spacial score (nSPS) is 11.5. The minimum absolute atomic E-state index is 1.27.